The topological polar surface area (TPSA) is 86.7 Å². The fraction of sp³-hybridized carbons (Fsp3) is 0.333. The summed E-state index contributed by atoms with van der Waals surface area (Å²) in [6, 6.07) is 4.58. The number of hydrogen-bond acceptors (Lipinski definition) is 6. The molecule has 0 amide bonds. The average molecular weight is 328 g/mol. The number of carbonyl (C=O) groups is 4. The van der Waals surface area contributed by atoms with Gasteiger partial charge in [-0.05, 0) is 18.6 Å². The normalized spacial score (nSPS) is 24.8. The third kappa shape index (κ3) is 2.64. The summed E-state index contributed by atoms with van der Waals surface area (Å²) < 4.78 is 10.3. The van der Waals surface area contributed by atoms with E-state index in [0.717, 1.165) is 0 Å². The molecule has 0 spiro atoms. The summed E-state index contributed by atoms with van der Waals surface area (Å²) in [6.07, 6.45) is 3.00. The van der Waals surface area contributed by atoms with E-state index in [9.17, 15) is 19.2 Å². The Hall–Kier alpha value is -2.76. The average Bonchev–Trinajstić information content (AvgIpc) is 2.51. The van der Waals surface area contributed by atoms with Crippen LogP contribution in [-0.4, -0.2) is 29.6 Å². The molecule has 0 saturated carbocycles. The largest absolute Gasteiger partial charge is 0.458 e. The summed E-state index contributed by atoms with van der Waals surface area (Å²) in [7, 11) is 0. The van der Waals surface area contributed by atoms with Crippen LogP contribution in [0.5, 0.6) is 5.75 Å². The molecule has 2 aliphatic carbocycles. The van der Waals surface area contributed by atoms with Crippen molar-refractivity contribution in [1.82, 2.24) is 0 Å². The molecule has 1 aromatic carbocycles. The molecule has 0 saturated heterocycles. The molecule has 2 aliphatic rings. The molecule has 3 rings (SSSR count). The smallest absolute Gasteiger partial charge is 0.308 e. The lowest BCUT2D eigenvalue weighted by Gasteiger charge is -2.36. The Morgan fingerprint density at radius 2 is 1.83 bits per heavy atom. The van der Waals surface area contributed by atoms with Gasteiger partial charge in [-0.2, -0.15) is 0 Å². The lowest BCUT2D eigenvalue weighted by atomic mass is 9.68. The highest BCUT2D eigenvalue weighted by atomic mass is 16.5. The molecule has 24 heavy (non-hydrogen) atoms. The molecule has 0 bridgehead atoms. The van der Waals surface area contributed by atoms with E-state index in [4.69, 9.17) is 9.47 Å². The van der Waals surface area contributed by atoms with E-state index in [1.807, 2.05) is 0 Å². The van der Waals surface area contributed by atoms with Crippen molar-refractivity contribution in [3.8, 4) is 5.75 Å². The molecule has 6 heteroatoms. The highest BCUT2D eigenvalue weighted by Gasteiger charge is 2.48. The maximum atomic E-state index is 12.9. The lowest BCUT2D eigenvalue weighted by Crippen LogP contribution is -2.45. The second-order valence-corrected chi connectivity index (χ2v) is 5.87. The minimum atomic E-state index is -0.761. The van der Waals surface area contributed by atoms with Gasteiger partial charge in [0.2, 0.25) is 0 Å². The SMILES string of the molecule is CC(=O)Oc1cccc2c1C(=O)[C@@H]1CC=C[C@H](OC(C)=O)[C@@H]1C2=O. The fourth-order valence-electron chi connectivity index (χ4n) is 3.36. The minimum absolute atomic E-state index is 0.0930. The molecular formula is C18H16O6. The predicted octanol–water partition coefficient (Wildman–Crippen LogP) is 2.11. The zero-order chi connectivity index (χ0) is 17.4. The van der Waals surface area contributed by atoms with Crippen LogP contribution >= 0.6 is 0 Å². The van der Waals surface area contributed by atoms with Crippen molar-refractivity contribution in [3.05, 3.63) is 41.5 Å². The Morgan fingerprint density at radius 3 is 2.50 bits per heavy atom. The number of Topliss-reactive ketones (excluding diaryl/α,β-unsaturated/α-hetero) is 2. The van der Waals surface area contributed by atoms with Gasteiger partial charge in [0.05, 0.1) is 11.5 Å². The van der Waals surface area contributed by atoms with E-state index in [-0.39, 0.29) is 28.4 Å². The van der Waals surface area contributed by atoms with Crippen molar-refractivity contribution in [2.75, 3.05) is 0 Å². The molecule has 124 valence electrons. The van der Waals surface area contributed by atoms with Crippen molar-refractivity contribution in [2.24, 2.45) is 11.8 Å². The maximum Gasteiger partial charge on any atom is 0.308 e. The summed E-state index contributed by atoms with van der Waals surface area (Å²) in [5.74, 6) is -2.90. The maximum absolute atomic E-state index is 12.9. The molecular weight excluding hydrogens is 312 g/mol. The van der Waals surface area contributed by atoms with Crippen molar-refractivity contribution in [3.63, 3.8) is 0 Å². The zero-order valence-corrected chi connectivity index (χ0v) is 13.3. The van der Waals surface area contributed by atoms with Crippen molar-refractivity contribution >= 4 is 23.5 Å². The van der Waals surface area contributed by atoms with Gasteiger partial charge in [0.15, 0.2) is 11.6 Å². The number of esters is 2. The number of fused-ring (bicyclic) bond motifs is 2. The Balaban J connectivity index is 2.08. The monoisotopic (exact) mass is 328 g/mol. The number of ketones is 2. The van der Waals surface area contributed by atoms with E-state index in [1.165, 1.54) is 26.0 Å². The van der Waals surface area contributed by atoms with Gasteiger partial charge in [-0.15, -0.1) is 0 Å². The number of rotatable bonds is 2. The van der Waals surface area contributed by atoms with Gasteiger partial charge in [0.25, 0.3) is 0 Å². The zero-order valence-electron chi connectivity index (χ0n) is 13.3. The van der Waals surface area contributed by atoms with Crippen LogP contribution in [0.3, 0.4) is 0 Å². The number of ether oxygens (including phenoxy) is 2. The van der Waals surface area contributed by atoms with Crippen LogP contribution in [0.2, 0.25) is 0 Å². The molecule has 0 aromatic heterocycles. The van der Waals surface area contributed by atoms with E-state index >= 15 is 0 Å². The van der Waals surface area contributed by atoms with E-state index in [0.29, 0.717) is 6.42 Å². The van der Waals surface area contributed by atoms with E-state index in [1.54, 1.807) is 18.2 Å². The fourth-order valence-corrected chi connectivity index (χ4v) is 3.36. The number of benzene rings is 1. The molecule has 0 unspecified atom stereocenters. The van der Waals surface area contributed by atoms with Gasteiger partial charge in [-0.1, -0.05) is 18.2 Å². The lowest BCUT2D eigenvalue weighted by molar-refractivity contribution is -0.146. The van der Waals surface area contributed by atoms with Crippen LogP contribution in [0.4, 0.5) is 0 Å². The van der Waals surface area contributed by atoms with E-state index in [2.05, 4.69) is 0 Å². The standard InChI is InChI=1S/C18H16O6/c1-9(19)23-13-7-3-5-11-15(13)17(21)12-6-4-8-14(24-10(2)20)16(12)18(11)22/h3-5,7-8,12,14,16H,6H2,1-2H3/t12-,14+,16-/m1/s1. The van der Waals surface area contributed by atoms with Crippen LogP contribution in [0.1, 0.15) is 41.0 Å². The van der Waals surface area contributed by atoms with Gasteiger partial charge in [-0.25, -0.2) is 0 Å². The number of allylic oxidation sites excluding steroid dienone is 1. The first-order valence-electron chi connectivity index (χ1n) is 7.64. The Kier molecular flexibility index (Phi) is 4.05. The quantitative estimate of drug-likeness (QED) is 0.469. The molecule has 1 aromatic rings. The molecule has 0 fully saturated rings. The first-order chi connectivity index (χ1) is 11.4. The predicted molar refractivity (Wildman–Crippen MR) is 82.7 cm³/mol. The van der Waals surface area contributed by atoms with E-state index < -0.39 is 29.9 Å². The Bertz CT molecular complexity index is 776. The van der Waals surface area contributed by atoms with Crippen LogP contribution < -0.4 is 4.74 Å². The molecule has 0 aliphatic heterocycles. The van der Waals surface area contributed by atoms with Crippen molar-refractivity contribution in [1.29, 1.82) is 0 Å². The van der Waals surface area contributed by atoms with Gasteiger partial charge in [0, 0.05) is 25.3 Å². The third-order valence-electron chi connectivity index (χ3n) is 4.24. The molecule has 3 atom stereocenters. The van der Waals surface area contributed by atoms with Crippen LogP contribution in [0.25, 0.3) is 0 Å². The highest BCUT2D eigenvalue weighted by molar-refractivity contribution is 6.18. The third-order valence-corrected chi connectivity index (χ3v) is 4.24. The summed E-state index contributed by atoms with van der Waals surface area (Å²) >= 11 is 0. The molecule has 0 heterocycles. The molecule has 0 N–H and O–H groups in total. The van der Waals surface area contributed by atoms with Crippen LogP contribution in [-0.2, 0) is 14.3 Å². The highest BCUT2D eigenvalue weighted by Crippen LogP contribution is 2.41. The van der Waals surface area contributed by atoms with Crippen LogP contribution in [0, 0.1) is 11.8 Å². The first-order valence-corrected chi connectivity index (χ1v) is 7.64. The van der Waals surface area contributed by atoms with Crippen molar-refractivity contribution in [2.45, 2.75) is 26.4 Å². The number of carbonyl (C=O) groups excluding carboxylic acids is 4. The van der Waals surface area contributed by atoms with Gasteiger partial charge in [0.1, 0.15) is 11.9 Å². The Labute approximate surface area is 138 Å². The Morgan fingerprint density at radius 1 is 1.08 bits per heavy atom. The molecule has 6 nitrogen and oxygen atoms in total. The summed E-state index contributed by atoms with van der Waals surface area (Å²) in [5.41, 5.74) is 0.336. The van der Waals surface area contributed by atoms with Crippen molar-refractivity contribution < 1.29 is 28.7 Å². The van der Waals surface area contributed by atoms with Gasteiger partial charge in [-0.3, -0.25) is 19.2 Å². The molecule has 0 radical (unpaired) electrons. The summed E-state index contributed by atoms with van der Waals surface area (Å²) in [5, 5.41) is 0. The first kappa shape index (κ1) is 16.1. The second-order valence-electron chi connectivity index (χ2n) is 5.87. The minimum Gasteiger partial charge on any atom is -0.458 e. The summed E-state index contributed by atoms with van der Waals surface area (Å²) in [4.78, 5) is 48.4. The second kappa shape index (κ2) is 6.03. The van der Waals surface area contributed by atoms with Gasteiger partial charge < -0.3 is 9.47 Å². The number of hydrogen-bond donors (Lipinski definition) is 0. The van der Waals surface area contributed by atoms with Gasteiger partial charge >= 0.3 is 11.9 Å². The summed E-state index contributed by atoms with van der Waals surface area (Å²) in [6.45, 7) is 2.50. The van der Waals surface area contributed by atoms with Crippen LogP contribution in [0.15, 0.2) is 30.4 Å².